The van der Waals surface area contributed by atoms with E-state index in [4.69, 9.17) is 4.42 Å². The SMILES string of the molecule is Cc1ccc([C@@H](O)CNC(=O)C2CCCC2)o1. The second kappa shape index (κ2) is 5.36. The third-order valence-corrected chi connectivity index (χ3v) is 3.29. The molecular formula is C13H19NO3. The summed E-state index contributed by atoms with van der Waals surface area (Å²) in [7, 11) is 0. The molecule has 94 valence electrons. The lowest BCUT2D eigenvalue weighted by molar-refractivity contribution is -0.125. The first-order valence-electron chi connectivity index (χ1n) is 6.19. The molecule has 4 nitrogen and oxygen atoms in total. The van der Waals surface area contributed by atoms with Crippen molar-refractivity contribution < 1.29 is 14.3 Å². The Kier molecular flexibility index (Phi) is 3.84. The highest BCUT2D eigenvalue weighted by Crippen LogP contribution is 2.24. The summed E-state index contributed by atoms with van der Waals surface area (Å²) in [5.41, 5.74) is 0. The zero-order valence-electron chi connectivity index (χ0n) is 10.1. The van der Waals surface area contributed by atoms with Gasteiger partial charge in [0.1, 0.15) is 17.6 Å². The number of nitrogens with one attached hydrogen (secondary N) is 1. The smallest absolute Gasteiger partial charge is 0.223 e. The van der Waals surface area contributed by atoms with Gasteiger partial charge in [0.05, 0.1) is 6.54 Å². The average molecular weight is 237 g/mol. The molecule has 1 saturated carbocycles. The molecular weight excluding hydrogens is 218 g/mol. The van der Waals surface area contributed by atoms with E-state index in [-0.39, 0.29) is 18.4 Å². The molecule has 0 radical (unpaired) electrons. The number of hydrogen-bond donors (Lipinski definition) is 2. The Hall–Kier alpha value is -1.29. The van der Waals surface area contributed by atoms with Crippen molar-refractivity contribution in [2.45, 2.75) is 38.7 Å². The van der Waals surface area contributed by atoms with E-state index in [1.165, 1.54) is 0 Å². The van der Waals surface area contributed by atoms with Crippen molar-refractivity contribution in [3.63, 3.8) is 0 Å². The topological polar surface area (TPSA) is 62.5 Å². The number of carbonyl (C=O) groups excluding carboxylic acids is 1. The van der Waals surface area contributed by atoms with Crippen LogP contribution in [0.25, 0.3) is 0 Å². The number of aliphatic hydroxyl groups excluding tert-OH is 1. The van der Waals surface area contributed by atoms with Crippen molar-refractivity contribution in [3.05, 3.63) is 23.7 Å². The quantitative estimate of drug-likeness (QED) is 0.841. The second-order valence-electron chi connectivity index (χ2n) is 4.69. The van der Waals surface area contributed by atoms with Gasteiger partial charge in [0, 0.05) is 5.92 Å². The highest BCUT2D eigenvalue weighted by molar-refractivity contribution is 5.78. The lowest BCUT2D eigenvalue weighted by Gasteiger charge is -2.12. The van der Waals surface area contributed by atoms with Crippen LogP contribution in [0.4, 0.5) is 0 Å². The van der Waals surface area contributed by atoms with E-state index in [1.807, 2.05) is 6.92 Å². The van der Waals surface area contributed by atoms with Crippen LogP contribution in [-0.4, -0.2) is 17.6 Å². The molecule has 0 unspecified atom stereocenters. The van der Waals surface area contributed by atoms with E-state index >= 15 is 0 Å². The minimum atomic E-state index is -0.756. The summed E-state index contributed by atoms with van der Waals surface area (Å²) in [5.74, 6) is 1.47. The minimum Gasteiger partial charge on any atom is -0.464 e. The van der Waals surface area contributed by atoms with Crippen molar-refractivity contribution in [1.82, 2.24) is 5.32 Å². The van der Waals surface area contributed by atoms with Gasteiger partial charge in [-0.2, -0.15) is 0 Å². The first-order chi connectivity index (χ1) is 8.16. The predicted molar refractivity (Wildman–Crippen MR) is 63.4 cm³/mol. The molecule has 2 N–H and O–H groups in total. The van der Waals surface area contributed by atoms with Crippen molar-refractivity contribution in [1.29, 1.82) is 0 Å². The van der Waals surface area contributed by atoms with Crippen LogP contribution in [0.2, 0.25) is 0 Å². The molecule has 1 heterocycles. The van der Waals surface area contributed by atoms with Crippen LogP contribution in [0.15, 0.2) is 16.5 Å². The summed E-state index contributed by atoms with van der Waals surface area (Å²) in [5, 5.41) is 12.6. The molecule has 1 amide bonds. The maximum Gasteiger partial charge on any atom is 0.223 e. The van der Waals surface area contributed by atoms with Crippen LogP contribution in [0, 0.1) is 12.8 Å². The zero-order chi connectivity index (χ0) is 12.3. The third kappa shape index (κ3) is 3.09. The van der Waals surface area contributed by atoms with Crippen LogP contribution < -0.4 is 5.32 Å². The molecule has 1 atom stereocenters. The van der Waals surface area contributed by atoms with Gasteiger partial charge in [-0.1, -0.05) is 12.8 Å². The van der Waals surface area contributed by atoms with Crippen molar-refractivity contribution in [2.24, 2.45) is 5.92 Å². The Labute approximate surface area is 101 Å². The van der Waals surface area contributed by atoms with Crippen LogP contribution in [0.1, 0.15) is 43.3 Å². The van der Waals surface area contributed by atoms with Gasteiger partial charge in [0.15, 0.2) is 0 Å². The van der Waals surface area contributed by atoms with Crippen LogP contribution in [-0.2, 0) is 4.79 Å². The van der Waals surface area contributed by atoms with Gasteiger partial charge in [-0.15, -0.1) is 0 Å². The minimum absolute atomic E-state index is 0.0600. The van der Waals surface area contributed by atoms with Gasteiger partial charge in [-0.3, -0.25) is 4.79 Å². The molecule has 0 spiro atoms. The Morgan fingerprint density at radius 3 is 2.82 bits per heavy atom. The van der Waals surface area contributed by atoms with Gasteiger partial charge in [-0.25, -0.2) is 0 Å². The monoisotopic (exact) mass is 237 g/mol. The summed E-state index contributed by atoms with van der Waals surface area (Å²) in [6.45, 7) is 2.05. The molecule has 2 rings (SSSR count). The Morgan fingerprint density at radius 1 is 1.53 bits per heavy atom. The van der Waals surface area contributed by atoms with E-state index in [1.54, 1.807) is 12.1 Å². The molecule has 17 heavy (non-hydrogen) atoms. The largest absolute Gasteiger partial charge is 0.464 e. The zero-order valence-corrected chi connectivity index (χ0v) is 10.1. The maximum atomic E-state index is 11.7. The Bertz CT molecular complexity index is 380. The molecule has 1 fully saturated rings. The van der Waals surface area contributed by atoms with E-state index in [0.717, 1.165) is 31.4 Å². The van der Waals surface area contributed by atoms with E-state index in [2.05, 4.69) is 5.32 Å². The lowest BCUT2D eigenvalue weighted by atomic mass is 10.1. The number of hydrogen-bond acceptors (Lipinski definition) is 3. The van der Waals surface area contributed by atoms with E-state index < -0.39 is 6.10 Å². The number of amides is 1. The summed E-state index contributed by atoms with van der Waals surface area (Å²) >= 11 is 0. The summed E-state index contributed by atoms with van der Waals surface area (Å²) < 4.78 is 5.30. The number of aliphatic hydroxyl groups is 1. The van der Waals surface area contributed by atoms with Crippen LogP contribution in [0.5, 0.6) is 0 Å². The molecule has 0 saturated heterocycles. The molecule has 0 aromatic carbocycles. The number of furan rings is 1. The predicted octanol–water partition coefficient (Wildman–Crippen LogP) is 1.93. The third-order valence-electron chi connectivity index (χ3n) is 3.29. The fourth-order valence-electron chi connectivity index (χ4n) is 2.26. The summed E-state index contributed by atoms with van der Waals surface area (Å²) in [6.07, 6.45) is 3.47. The fourth-order valence-corrected chi connectivity index (χ4v) is 2.26. The molecule has 1 aromatic rings. The first kappa shape index (κ1) is 12.2. The van der Waals surface area contributed by atoms with Gasteiger partial charge >= 0.3 is 0 Å². The highest BCUT2D eigenvalue weighted by Gasteiger charge is 2.23. The van der Waals surface area contributed by atoms with Crippen molar-refractivity contribution in [2.75, 3.05) is 6.54 Å². The van der Waals surface area contributed by atoms with Crippen molar-refractivity contribution in [3.8, 4) is 0 Å². The molecule has 1 aliphatic rings. The maximum absolute atomic E-state index is 11.7. The Morgan fingerprint density at radius 2 is 2.24 bits per heavy atom. The molecule has 0 bridgehead atoms. The average Bonchev–Trinajstić information content (AvgIpc) is 2.95. The normalized spacial score (nSPS) is 18.2. The van der Waals surface area contributed by atoms with Gasteiger partial charge in [-0.05, 0) is 31.9 Å². The molecule has 4 heteroatoms. The highest BCUT2D eigenvalue weighted by atomic mass is 16.4. The molecule has 1 aliphatic carbocycles. The summed E-state index contributed by atoms with van der Waals surface area (Å²) in [6, 6.07) is 3.54. The standard InChI is InChI=1S/C13H19NO3/c1-9-6-7-12(17-9)11(15)8-14-13(16)10-4-2-3-5-10/h6-7,10-11,15H,2-5,8H2,1H3,(H,14,16)/t11-/m0/s1. The summed E-state index contributed by atoms with van der Waals surface area (Å²) in [4.78, 5) is 11.7. The van der Waals surface area contributed by atoms with Crippen LogP contribution in [0.3, 0.4) is 0 Å². The molecule has 0 aliphatic heterocycles. The molecule has 1 aromatic heterocycles. The number of rotatable bonds is 4. The fraction of sp³-hybridized carbons (Fsp3) is 0.615. The first-order valence-corrected chi connectivity index (χ1v) is 6.19. The lowest BCUT2D eigenvalue weighted by Crippen LogP contribution is -2.32. The van der Waals surface area contributed by atoms with Crippen LogP contribution >= 0.6 is 0 Å². The second-order valence-corrected chi connectivity index (χ2v) is 4.69. The number of aryl methyl sites for hydroxylation is 1. The van der Waals surface area contributed by atoms with Crippen molar-refractivity contribution >= 4 is 5.91 Å². The van der Waals surface area contributed by atoms with Gasteiger partial charge in [0.25, 0.3) is 0 Å². The van der Waals surface area contributed by atoms with Gasteiger partial charge in [0.2, 0.25) is 5.91 Å². The van der Waals surface area contributed by atoms with E-state index in [0.29, 0.717) is 5.76 Å². The number of carbonyl (C=O) groups is 1. The van der Waals surface area contributed by atoms with E-state index in [9.17, 15) is 9.90 Å². The Balaban J connectivity index is 1.79. The van der Waals surface area contributed by atoms with Gasteiger partial charge < -0.3 is 14.8 Å².